The van der Waals surface area contributed by atoms with Gasteiger partial charge >= 0.3 is 0 Å². The molecular formula is C19H22N2O2S. The van der Waals surface area contributed by atoms with Gasteiger partial charge in [0, 0.05) is 36.4 Å². The van der Waals surface area contributed by atoms with E-state index in [-0.39, 0.29) is 18.4 Å². The smallest absolute Gasteiger partial charge is 0.267 e. The molecule has 2 N–H and O–H groups in total. The Hall–Kier alpha value is -2.11. The molecule has 0 fully saturated rings. The van der Waals surface area contributed by atoms with Gasteiger partial charge in [-0.1, -0.05) is 24.3 Å². The van der Waals surface area contributed by atoms with Crippen LogP contribution in [0, 0.1) is 12.8 Å². The second-order valence-electron chi connectivity index (χ2n) is 6.14. The van der Waals surface area contributed by atoms with E-state index in [0.29, 0.717) is 12.2 Å². The van der Waals surface area contributed by atoms with Crippen molar-refractivity contribution in [2.24, 2.45) is 13.0 Å². The van der Waals surface area contributed by atoms with Crippen LogP contribution < -0.4 is 5.32 Å². The van der Waals surface area contributed by atoms with Crippen LogP contribution in [0.2, 0.25) is 0 Å². The highest BCUT2D eigenvalue weighted by Gasteiger charge is 2.16. The van der Waals surface area contributed by atoms with E-state index in [0.717, 1.165) is 22.9 Å². The molecule has 2 aromatic heterocycles. The summed E-state index contributed by atoms with van der Waals surface area (Å²) in [5.74, 6) is -0.0678. The second-order valence-corrected chi connectivity index (χ2v) is 7.18. The molecule has 1 amide bonds. The third kappa shape index (κ3) is 3.37. The molecule has 4 nitrogen and oxygen atoms in total. The van der Waals surface area contributed by atoms with Crippen LogP contribution in [-0.2, 0) is 13.5 Å². The highest BCUT2D eigenvalue weighted by Crippen LogP contribution is 2.22. The summed E-state index contributed by atoms with van der Waals surface area (Å²) in [4.78, 5) is 13.8. The average Bonchev–Trinajstić information content (AvgIpc) is 3.19. The predicted octanol–water partition coefficient (Wildman–Crippen LogP) is 3.13. The van der Waals surface area contributed by atoms with Gasteiger partial charge < -0.3 is 15.0 Å². The van der Waals surface area contributed by atoms with Gasteiger partial charge in [-0.2, -0.15) is 0 Å². The highest BCUT2D eigenvalue weighted by atomic mass is 32.1. The van der Waals surface area contributed by atoms with Gasteiger partial charge in [-0.3, -0.25) is 4.79 Å². The van der Waals surface area contributed by atoms with E-state index in [4.69, 9.17) is 0 Å². The summed E-state index contributed by atoms with van der Waals surface area (Å²) >= 11 is 1.68. The fourth-order valence-electron chi connectivity index (χ4n) is 3.08. The highest BCUT2D eigenvalue weighted by molar-refractivity contribution is 7.09. The SMILES string of the molecule is Cc1cccc2cc(C(=O)NC[C@H](CO)Cc3cccs3)n(C)c12. The number of nitrogens with one attached hydrogen (secondary N) is 1. The van der Waals surface area contributed by atoms with Crippen LogP contribution >= 0.6 is 11.3 Å². The largest absolute Gasteiger partial charge is 0.396 e. The number of amides is 1. The maximum Gasteiger partial charge on any atom is 0.267 e. The third-order valence-electron chi connectivity index (χ3n) is 4.37. The van der Waals surface area contributed by atoms with Crippen molar-refractivity contribution in [1.82, 2.24) is 9.88 Å². The van der Waals surface area contributed by atoms with Crippen molar-refractivity contribution >= 4 is 28.1 Å². The zero-order chi connectivity index (χ0) is 17.1. The minimum Gasteiger partial charge on any atom is -0.396 e. The number of para-hydroxylation sites is 1. The topological polar surface area (TPSA) is 54.3 Å². The predicted molar refractivity (Wildman–Crippen MR) is 98.6 cm³/mol. The van der Waals surface area contributed by atoms with Gasteiger partial charge in [0.2, 0.25) is 0 Å². The second kappa shape index (κ2) is 7.20. The van der Waals surface area contributed by atoms with E-state index in [1.165, 1.54) is 4.88 Å². The number of aryl methyl sites for hydroxylation is 2. The van der Waals surface area contributed by atoms with Crippen molar-refractivity contribution in [2.45, 2.75) is 13.3 Å². The fraction of sp³-hybridized carbons (Fsp3) is 0.316. The summed E-state index contributed by atoms with van der Waals surface area (Å²) in [5, 5.41) is 15.6. The Morgan fingerprint density at radius 2 is 2.17 bits per heavy atom. The maximum absolute atomic E-state index is 12.6. The van der Waals surface area contributed by atoms with Gasteiger partial charge in [0.05, 0.1) is 5.52 Å². The quantitative estimate of drug-likeness (QED) is 0.723. The lowest BCUT2D eigenvalue weighted by atomic mass is 10.1. The van der Waals surface area contributed by atoms with E-state index in [1.807, 2.05) is 54.3 Å². The monoisotopic (exact) mass is 342 g/mol. The molecule has 0 aliphatic carbocycles. The standard InChI is InChI=1S/C19H22N2O2S/c1-13-5-3-6-15-10-17(21(2)18(13)15)19(23)20-11-14(12-22)9-16-7-4-8-24-16/h3-8,10,14,22H,9,11-12H2,1-2H3,(H,20,23)/t14-/m1/s1. The molecule has 0 unspecified atom stereocenters. The van der Waals surface area contributed by atoms with Crippen LogP contribution in [0.25, 0.3) is 10.9 Å². The molecule has 0 saturated carbocycles. The molecule has 5 heteroatoms. The van der Waals surface area contributed by atoms with Crippen molar-refractivity contribution in [3.63, 3.8) is 0 Å². The zero-order valence-corrected chi connectivity index (χ0v) is 14.8. The number of carbonyl (C=O) groups excluding carboxylic acids is 1. The molecule has 2 heterocycles. The van der Waals surface area contributed by atoms with Crippen LogP contribution in [0.5, 0.6) is 0 Å². The maximum atomic E-state index is 12.6. The fourth-order valence-corrected chi connectivity index (χ4v) is 3.90. The number of rotatable bonds is 6. The lowest BCUT2D eigenvalue weighted by Crippen LogP contribution is -2.32. The lowest BCUT2D eigenvalue weighted by molar-refractivity contribution is 0.0932. The van der Waals surface area contributed by atoms with Crippen molar-refractivity contribution in [3.8, 4) is 0 Å². The first kappa shape index (κ1) is 16.7. The number of hydrogen-bond donors (Lipinski definition) is 2. The first-order chi connectivity index (χ1) is 11.6. The van der Waals surface area contributed by atoms with Crippen molar-refractivity contribution < 1.29 is 9.90 Å². The molecule has 3 rings (SSSR count). The molecular weight excluding hydrogens is 320 g/mol. The number of nitrogens with zero attached hydrogens (tertiary/aromatic N) is 1. The first-order valence-corrected chi connectivity index (χ1v) is 8.94. The number of thiophene rings is 1. The molecule has 3 aromatic rings. The Morgan fingerprint density at radius 3 is 2.83 bits per heavy atom. The van der Waals surface area contributed by atoms with Crippen LogP contribution in [0.1, 0.15) is 20.9 Å². The van der Waals surface area contributed by atoms with Crippen molar-refractivity contribution in [1.29, 1.82) is 0 Å². The van der Waals surface area contributed by atoms with Gasteiger partial charge in [0.15, 0.2) is 0 Å². The average molecular weight is 342 g/mol. The van der Waals surface area contributed by atoms with Crippen LogP contribution in [-0.4, -0.2) is 28.7 Å². The molecule has 126 valence electrons. The van der Waals surface area contributed by atoms with Crippen molar-refractivity contribution in [3.05, 3.63) is 57.9 Å². The Bertz CT molecular complexity index is 837. The van der Waals surface area contributed by atoms with E-state index >= 15 is 0 Å². The minimum atomic E-state index is -0.0993. The number of aromatic nitrogens is 1. The molecule has 1 aromatic carbocycles. The Labute approximate surface area is 145 Å². The van der Waals surface area contributed by atoms with Crippen LogP contribution in [0.15, 0.2) is 41.8 Å². The summed E-state index contributed by atoms with van der Waals surface area (Å²) < 4.78 is 1.94. The summed E-state index contributed by atoms with van der Waals surface area (Å²) in [7, 11) is 1.92. The third-order valence-corrected chi connectivity index (χ3v) is 5.27. The number of hydrogen-bond acceptors (Lipinski definition) is 3. The van der Waals surface area contributed by atoms with E-state index in [9.17, 15) is 9.90 Å². The van der Waals surface area contributed by atoms with Gasteiger partial charge in [0.1, 0.15) is 5.69 Å². The normalized spacial score (nSPS) is 12.5. The lowest BCUT2D eigenvalue weighted by Gasteiger charge is -2.14. The number of fused-ring (bicyclic) bond motifs is 1. The molecule has 24 heavy (non-hydrogen) atoms. The summed E-state index contributed by atoms with van der Waals surface area (Å²) in [5.41, 5.74) is 2.88. The Kier molecular flexibility index (Phi) is 5.02. The summed E-state index contributed by atoms with van der Waals surface area (Å²) in [6.45, 7) is 2.58. The minimum absolute atomic E-state index is 0.0315. The van der Waals surface area contributed by atoms with Crippen LogP contribution in [0.3, 0.4) is 0 Å². The van der Waals surface area contributed by atoms with E-state index in [2.05, 4.69) is 11.4 Å². The Morgan fingerprint density at radius 1 is 1.33 bits per heavy atom. The number of aliphatic hydroxyl groups excluding tert-OH is 1. The number of benzene rings is 1. The molecule has 0 spiro atoms. The van der Waals surface area contributed by atoms with Gasteiger partial charge in [-0.25, -0.2) is 0 Å². The summed E-state index contributed by atoms with van der Waals surface area (Å²) in [6.07, 6.45) is 0.780. The van der Waals surface area contributed by atoms with Crippen LogP contribution in [0.4, 0.5) is 0 Å². The van der Waals surface area contributed by atoms with Gasteiger partial charge in [-0.05, 0) is 36.4 Å². The van der Waals surface area contributed by atoms with Gasteiger partial charge in [-0.15, -0.1) is 11.3 Å². The zero-order valence-electron chi connectivity index (χ0n) is 14.0. The Balaban J connectivity index is 1.70. The number of carbonyl (C=O) groups is 1. The molecule has 0 radical (unpaired) electrons. The molecule has 1 atom stereocenters. The number of aliphatic hydroxyl groups is 1. The van der Waals surface area contributed by atoms with Crippen molar-refractivity contribution in [2.75, 3.05) is 13.2 Å². The summed E-state index contributed by atoms with van der Waals surface area (Å²) in [6, 6.07) is 12.1. The first-order valence-electron chi connectivity index (χ1n) is 8.06. The van der Waals surface area contributed by atoms with E-state index < -0.39 is 0 Å². The molecule has 0 saturated heterocycles. The van der Waals surface area contributed by atoms with E-state index in [1.54, 1.807) is 11.3 Å². The molecule has 0 bridgehead atoms. The van der Waals surface area contributed by atoms with Gasteiger partial charge in [0.25, 0.3) is 5.91 Å². The molecule has 0 aliphatic heterocycles. The molecule has 0 aliphatic rings.